The van der Waals surface area contributed by atoms with E-state index in [1.54, 1.807) is 12.1 Å². The minimum absolute atomic E-state index is 0.499. The van der Waals surface area contributed by atoms with E-state index in [0.29, 0.717) is 5.46 Å². The van der Waals surface area contributed by atoms with E-state index in [0.717, 1.165) is 24.1 Å². The molecule has 76 valence electrons. The lowest BCUT2D eigenvalue weighted by Gasteiger charge is -2.07. The molecule has 0 radical (unpaired) electrons. The van der Waals surface area contributed by atoms with E-state index in [1.807, 2.05) is 18.3 Å². The van der Waals surface area contributed by atoms with Crippen molar-refractivity contribution in [2.24, 2.45) is 4.99 Å². The first kappa shape index (κ1) is 10.1. The molecular formula is C11H12BNO2. The van der Waals surface area contributed by atoms with E-state index in [1.165, 1.54) is 0 Å². The van der Waals surface area contributed by atoms with Gasteiger partial charge in [-0.1, -0.05) is 30.3 Å². The fourth-order valence-electron chi connectivity index (χ4n) is 1.53. The predicted molar refractivity (Wildman–Crippen MR) is 62.0 cm³/mol. The van der Waals surface area contributed by atoms with Crippen molar-refractivity contribution in [2.75, 3.05) is 0 Å². The standard InChI is InChI=1S/C11H12BNO2/c14-12(15)10-6-4-9(5-7-10)11-3-1-2-8-13-11/h3-8,14-15H,1-2H2. The Kier molecular flexibility index (Phi) is 2.99. The van der Waals surface area contributed by atoms with Gasteiger partial charge in [0.15, 0.2) is 0 Å². The lowest BCUT2D eigenvalue weighted by molar-refractivity contribution is 0.426. The number of rotatable bonds is 2. The zero-order valence-electron chi connectivity index (χ0n) is 8.30. The van der Waals surface area contributed by atoms with E-state index in [9.17, 15) is 0 Å². The summed E-state index contributed by atoms with van der Waals surface area (Å²) in [4.78, 5) is 4.29. The second kappa shape index (κ2) is 4.42. The molecule has 0 unspecified atom stereocenters. The summed E-state index contributed by atoms with van der Waals surface area (Å²) in [5.74, 6) is 0. The van der Waals surface area contributed by atoms with Gasteiger partial charge < -0.3 is 10.0 Å². The summed E-state index contributed by atoms with van der Waals surface area (Å²) in [5, 5.41) is 17.9. The van der Waals surface area contributed by atoms with Crippen LogP contribution in [-0.4, -0.2) is 23.4 Å². The Morgan fingerprint density at radius 2 is 1.80 bits per heavy atom. The molecule has 0 saturated heterocycles. The molecule has 0 atom stereocenters. The number of aliphatic imine (C=N–C) groups is 1. The average Bonchev–Trinajstić information content (AvgIpc) is 2.30. The third-order valence-electron chi connectivity index (χ3n) is 2.37. The maximum atomic E-state index is 8.94. The van der Waals surface area contributed by atoms with Gasteiger partial charge in [0, 0.05) is 6.21 Å². The van der Waals surface area contributed by atoms with Crippen molar-refractivity contribution in [2.45, 2.75) is 12.8 Å². The van der Waals surface area contributed by atoms with Crippen LogP contribution in [0.5, 0.6) is 0 Å². The summed E-state index contributed by atoms with van der Waals surface area (Å²) < 4.78 is 0. The van der Waals surface area contributed by atoms with Crippen LogP contribution < -0.4 is 5.46 Å². The van der Waals surface area contributed by atoms with Gasteiger partial charge >= 0.3 is 7.12 Å². The largest absolute Gasteiger partial charge is 0.488 e. The molecule has 0 aliphatic carbocycles. The van der Waals surface area contributed by atoms with Crippen molar-refractivity contribution < 1.29 is 10.0 Å². The molecular weight excluding hydrogens is 189 g/mol. The van der Waals surface area contributed by atoms with E-state index in [4.69, 9.17) is 10.0 Å². The molecule has 2 N–H and O–H groups in total. The Morgan fingerprint density at radius 3 is 2.33 bits per heavy atom. The lowest BCUT2D eigenvalue weighted by atomic mass is 9.80. The maximum Gasteiger partial charge on any atom is 0.488 e. The normalized spacial score (nSPS) is 14.9. The van der Waals surface area contributed by atoms with Gasteiger partial charge in [0.05, 0.1) is 5.70 Å². The molecule has 1 heterocycles. The molecule has 0 amide bonds. The number of hydrogen-bond donors (Lipinski definition) is 2. The summed E-state index contributed by atoms with van der Waals surface area (Å²) in [7, 11) is -1.40. The van der Waals surface area contributed by atoms with Crippen LogP contribution in [0.15, 0.2) is 35.3 Å². The lowest BCUT2D eigenvalue weighted by Crippen LogP contribution is -2.29. The van der Waals surface area contributed by atoms with Crippen LogP contribution in [-0.2, 0) is 0 Å². The van der Waals surface area contributed by atoms with Crippen molar-refractivity contribution in [1.29, 1.82) is 0 Å². The molecule has 2 rings (SSSR count). The van der Waals surface area contributed by atoms with Gasteiger partial charge in [0.1, 0.15) is 0 Å². The molecule has 4 heteroatoms. The monoisotopic (exact) mass is 201 g/mol. The van der Waals surface area contributed by atoms with Gasteiger partial charge in [-0.2, -0.15) is 0 Å². The Morgan fingerprint density at radius 1 is 1.07 bits per heavy atom. The molecule has 15 heavy (non-hydrogen) atoms. The highest BCUT2D eigenvalue weighted by Gasteiger charge is 2.10. The van der Waals surface area contributed by atoms with Gasteiger partial charge in [0.2, 0.25) is 0 Å². The summed E-state index contributed by atoms with van der Waals surface area (Å²) in [5.41, 5.74) is 2.47. The van der Waals surface area contributed by atoms with Crippen molar-refractivity contribution in [3.05, 3.63) is 35.9 Å². The molecule has 3 nitrogen and oxygen atoms in total. The number of hydrogen-bond acceptors (Lipinski definition) is 3. The summed E-state index contributed by atoms with van der Waals surface area (Å²) in [6.45, 7) is 0. The van der Waals surface area contributed by atoms with Gasteiger partial charge in [0.25, 0.3) is 0 Å². The highest BCUT2D eigenvalue weighted by atomic mass is 16.4. The maximum absolute atomic E-state index is 8.94. The third kappa shape index (κ3) is 2.35. The Balaban J connectivity index is 2.23. The van der Waals surface area contributed by atoms with Crippen LogP contribution >= 0.6 is 0 Å². The van der Waals surface area contributed by atoms with E-state index < -0.39 is 7.12 Å². The van der Waals surface area contributed by atoms with E-state index >= 15 is 0 Å². The Bertz CT molecular complexity index is 396. The van der Waals surface area contributed by atoms with Gasteiger partial charge in [-0.15, -0.1) is 0 Å². The Labute approximate surface area is 88.9 Å². The molecule has 0 aromatic heterocycles. The molecule has 1 aliphatic heterocycles. The van der Waals surface area contributed by atoms with Gasteiger partial charge in [-0.05, 0) is 23.9 Å². The zero-order chi connectivity index (χ0) is 10.7. The molecule has 1 aromatic carbocycles. The predicted octanol–water partition coefficient (Wildman–Crippen LogP) is 0.572. The molecule has 0 fully saturated rings. The fourth-order valence-corrected chi connectivity index (χ4v) is 1.53. The number of nitrogens with zero attached hydrogens (tertiary/aromatic N) is 1. The quantitative estimate of drug-likeness (QED) is 0.687. The average molecular weight is 201 g/mol. The minimum atomic E-state index is -1.40. The smallest absolute Gasteiger partial charge is 0.423 e. The number of benzene rings is 1. The molecule has 0 saturated carbocycles. The van der Waals surface area contributed by atoms with Crippen molar-refractivity contribution in [1.82, 2.24) is 0 Å². The molecule has 0 spiro atoms. The van der Waals surface area contributed by atoms with Gasteiger partial charge in [-0.3, -0.25) is 4.99 Å². The highest BCUT2D eigenvalue weighted by Crippen LogP contribution is 2.18. The summed E-state index contributed by atoms with van der Waals surface area (Å²) in [6.07, 6.45) is 6.01. The summed E-state index contributed by atoms with van der Waals surface area (Å²) in [6, 6.07) is 7.10. The summed E-state index contributed by atoms with van der Waals surface area (Å²) >= 11 is 0. The molecule has 1 aliphatic rings. The first-order valence-corrected chi connectivity index (χ1v) is 4.96. The molecule has 1 aromatic rings. The first-order valence-electron chi connectivity index (χ1n) is 4.96. The second-order valence-electron chi connectivity index (χ2n) is 3.47. The van der Waals surface area contributed by atoms with E-state index in [2.05, 4.69) is 11.1 Å². The van der Waals surface area contributed by atoms with Crippen molar-refractivity contribution in [3.63, 3.8) is 0 Å². The number of allylic oxidation sites excluding steroid dienone is 1. The SMILES string of the molecule is OB(O)c1ccc(C2=CCCC=N2)cc1. The zero-order valence-corrected chi connectivity index (χ0v) is 8.30. The topological polar surface area (TPSA) is 52.8 Å². The van der Waals surface area contributed by atoms with Crippen molar-refractivity contribution >= 4 is 24.5 Å². The van der Waals surface area contributed by atoms with Crippen LogP contribution in [0, 0.1) is 0 Å². The fraction of sp³-hybridized carbons (Fsp3) is 0.182. The molecule has 0 bridgehead atoms. The Hall–Kier alpha value is -1.39. The minimum Gasteiger partial charge on any atom is -0.423 e. The van der Waals surface area contributed by atoms with Crippen LogP contribution in [0.3, 0.4) is 0 Å². The highest BCUT2D eigenvalue weighted by molar-refractivity contribution is 6.58. The van der Waals surface area contributed by atoms with Crippen LogP contribution in [0.2, 0.25) is 0 Å². The third-order valence-corrected chi connectivity index (χ3v) is 2.37. The van der Waals surface area contributed by atoms with Crippen LogP contribution in [0.25, 0.3) is 5.70 Å². The van der Waals surface area contributed by atoms with Gasteiger partial charge in [-0.25, -0.2) is 0 Å². The van der Waals surface area contributed by atoms with Crippen LogP contribution in [0.4, 0.5) is 0 Å². The first-order chi connectivity index (χ1) is 7.27. The van der Waals surface area contributed by atoms with E-state index in [-0.39, 0.29) is 0 Å². The van der Waals surface area contributed by atoms with Crippen LogP contribution in [0.1, 0.15) is 18.4 Å². The van der Waals surface area contributed by atoms with Crippen molar-refractivity contribution in [3.8, 4) is 0 Å². The second-order valence-corrected chi connectivity index (χ2v) is 3.47.